The van der Waals surface area contributed by atoms with Gasteiger partial charge in [-0.05, 0) is 43.5 Å². The Labute approximate surface area is 147 Å². The number of esters is 1. The van der Waals surface area contributed by atoms with Gasteiger partial charge in [-0.15, -0.1) is 0 Å². The molecule has 0 aliphatic heterocycles. The van der Waals surface area contributed by atoms with Crippen LogP contribution >= 0.6 is 0 Å². The number of rotatable bonds is 6. The monoisotopic (exact) mass is 341 g/mol. The van der Waals surface area contributed by atoms with Gasteiger partial charge in [0.25, 0.3) is 0 Å². The number of carbonyl (C=O) groups is 2. The Bertz CT molecular complexity index is 737. The fraction of sp³-hybridized carbons (Fsp3) is 0.421. The number of H-pyrrole nitrogens is 1. The molecule has 1 aliphatic carbocycles. The molecule has 1 aromatic carbocycles. The van der Waals surface area contributed by atoms with Gasteiger partial charge < -0.3 is 15.0 Å². The third-order valence-electron chi connectivity index (χ3n) is 4.48. The summed E-state index contributed by atoms with van der Waals surface area (Å²) in [6.07, 6.45) is 5.83. The van der Waals surface area contributed by atoms with Crippen molar-refractivity contribution in [2.75, 3.05) is 11.9 Å². The lowest BCUT2D eigenvalue weighted by Gasteiger charge is -2.20. The van der Waals surface area contributed by atoms with Crippen molar-refractivity contribution in [2.45, 2.75) is 39.0 Å². The van der Waals surface area contributed by atoms with Crippen LogP contribution in [0, 0.1) is 5.92 Å². The van der Waals surface area contributed by atoms with Gasteiger partial charge in [0.15, 0.2) is 0 Å². The topological polar surface area (TPSA) is 84.1 Å². The molecular formula is C19H23N3O3. The Balaban J connectivity index is 1.54. The minimum atomic E-state index is -0.328. The number of imidazole rings is 1. The third-order valence-corrected chi connectivity index (χ3v) is 4.48. The minimum absolute atomic E-state index is 0.00137. The van der Waals surface area contributed by atoms with Gasteiger partial charge in [-0.3, -0.25) is 4.79 Å². The first-order valence-electron chi connectivity index (χ1n) is 8.76. The molecule has 1 amide bonds. The highest BCUT2D eigenvalue weighted by molar-refractivity contribution is 5.94. The first kappa shape index (κ1) is 17.2. The highest BCUT2D eigenvalue weighted by atomic mass is 16.5. The predicted octanol–water partition coefficient (Wildman–Crippen LogP) is 3.11. The minimum Gasteiger partial charge on any atom is -0.462 e. The van der Waals surface area contributed by atoms with Crippen LogP contribution in [-0.4, -0.2) is 28.5 Å². The zero-order chi connectivity index (χ0) is 17.6. The van der Waals surface area contributed by atoms with E-state index in [1.54, 1.807) is 30.6 Å². The summed E-state index contributed by atoms with van der Waals surface area (Å²) in [4.78, 5) is 31.7. The number of amides is 1. The molecule has 1 aromatic heterocycles. The second-order valence-electron chi connectivity index (χ2n) is 6.32. The van der Waals surface area contributed by atoms with Crippen LogP contribution in [0.3, 0.4) is 0 Å². The van der Waals surface area contributed by atoms with Crippen molar-refractivity contribution in [3.05, 3.63) is 47.5 Å². The summed E-state index contributed by atoms with van der Waals surface area (Å²) < 4.78 is 5.17. The van der Waals surface area contributed by atoms with Gasteiger partial charge in [0.05, 0.1) is 24.2 Å². The van der Waals surface area contributed by atoms with Crippen molar-refractivity contribution in [2.24, 2.45) is 5.92 Å². The SMILES string of the molecule is CCCCOC(=O)c1ccc(NC(=O)C2CCc3nc[nH]c3C2)cc1. The van der Waals surface area contributed by atoms with E-state index in [4.69, 9.17) is 4.74 Å². The van der Waals surface area contributed by atoms with E-state index in [9.17, 15) is 9.59 Å². The van der Waals surface area contributed by atoms with Crippen LogP contribution in [0.2, 0.25) is 0 Å². The van der Waals surface area contributed by atoms with Crippen LogP contribution in [0.4, 0.5) is 5.69 Å². The van der Waals surface area contributed by atoms with Crippen molar-refractivity contribution in [1.29, 1.82) is 0 Å². The predicted molar refractivity (Wildman–Crippen MR) is 94.4 cm³/mol. The summed E-state index contributed by atoms with van der Waals surface area (Å²) in [5.41, 5.74) is 3.30. The zero-order valence-electron chi connectivity index (χ0n) is 14.4. The van der Waals surface area contributed by atoms with E-state index in [0.29, 0.717) is 24.3 Å². The number of aromatic amines is 1. The van der Waals surface area contributed by atoms with Gasteiger partial charge in [0.2, 0.25) is 5.91 Å². The fourth-order valence-corrected chi connectivity index (χ4v) is 2.95. The highest BCUT2D eigenvalue weighted by Crippen LogP contribution is 2.24. The largest absolute Gasteiger partial charge is 0.462 e. The fourth-order valence-electron chi connectivity index (χ4n) is 2.95. The Hall–Kier alpha value is -2.63. The molecule has 6 nitrogen and oxygen atoms in total. The average Bonchev–Trinajstić information content (AvgIpc) is 3.10. The Morgan fingerprint density at radius 3 is 2.88 bits per heavy atom. The van der Waals surface area contributed by atoms with Crippen molar-refractivity contribution in [3.8, 4) is 0 Å². The normalized spacial score (nSPS) is 16.1. The molecule has 0 radical (unpaired) electrons. The number of fused-ring (bicyclic) bond motifs is 1. The Morgan fingerprint density at radius 1 is 1.32 bits per heavy atom. The maximum atomic E-state index is 12.5. The summed E-state index contributed by atoms with van der Waals surface area (Å²) >= 11 is 0. The number of hydrogen-bond donors (Lipinski definition) is 2. The maximum Gasteiger partial charge on any atom is 0.338 e. The number of aromatic nitrogens is 2. The van der Waals surface area contributed by atoms with Crippen LogP contribution < -0.4 is 5.32 Å². The van der Waals surface area contributed by atoms with Crippen molar-refractivity contribution in [3.63, 3.8) is 0 Å². The molecule has 132 valence electrons. The number of nitrogens with one attached hydrogen (secondary N) is 2. The van der Waals surface area contributed by atoms with Gasteiger partial charge in [0, 0.05) is 23.7 Å². The first-order chi connectivity index (χ1) is 12.2. The van der Waals surface area contributed by atoms with Crippen LogP contribution in [0.5, 0.6) is 0 Å². The van der Waals surface area contributed by atoms with E-state index >= 15 is 0 Å². The van der Waals surface area contributed by atoms with Crippen LogP contribution in [0.1, 0.15) is 47.9 Å². The van der Waals surface area contributed by atoms with Gasteiger partial charge in [-0.25, -0.2) is 9.78 Å². The molecule has 0 saturated carbocycles. The average molecular weight is 341 g/mol. The molecule has 25 heavy (non-hydrogen) atoms. The lowest BCUT2D eigenvalue weighted by Crippen LogP contribution is -2.28. The third kappa shape index (κ3) is 4.26. The van der Waals surface area contributed by atoms with Crippen LogP contribution in [0.15, 0.2) is 30.6 Å². The number of nitrogens with zero attached hydrogens (tertiary/aromatic N) is 1. The number of unbranched alkanes of at least 4 members (excludes halogenated alkanes) is 1. The molecule has 1 aliphatic rings. The van der Waals surface area contributed by atoms with Gasteiger partial charge >= 0.3 is 5.97 Å². The molecule has 1 heterocycles. The lowest BCUT2D eigenvalue weighted by molar-refractivity contribution is -0.120. The van der Waals surface area contributed by atoms with E-state index in [1.807, 2.05) is 6.92 Å². The smallest absolute Gasteiger partial charge is 0.338 e. The molecule has 0 fully saturated rings. The van der Waals surface area contributed by atoms with E-state index in [1.165, 1.54) is 0 Å². The second kappa shape index (κ2) is 7.96. The number of carbonyl (C=O) groups excluding carboxylic acids is 2. The number of anilines is 1. The van der Waals surface area contributed by atoms with Crippen molar-refractivity contribution in [1.82, 2.24) is 9.97 Å². The quantitative estimate of drug-likeness (QED) is 0.624. The summed E-state index contributed by atoms with van der Waals surface area (Å²) in [5, 5.41) is 2.93. The van der Waals surface area contributed by atoms with E-state index in [-0.39, 0.29) is 17.8 Å². The number of benzene rings is 1. The summed E-state index contributed by atoms with van der Waals surface area (Å²) in [6, 6.07) is 6.83. The summed E-state index contributed by atoms with van der Waals surface area (Å²) in [5.74, 6) is -0.393. The molecule has 3 rings (SSSR count). The maximum absolute atomic E-state index is 12.5. The van der Waals surface area contributed by atoms with E-state index < -0.39 is 0 Å². The standard InChI is InChI=1S/C19H23N3O3/c1-2-3-10-25-19(24)13-4-7-15(8-5-13)22-18(23)14-6-9-16-17(11-14)21-12-20-16/h4-5,7-8,12,14H,2-3,6,9-11H2,1H3,(H,20,21)(H,22,23). The molecule has 6 heteroatoms. The molecule has 1 unspecified atom stereocenters. The number of aryl methyl sites for hydroxylation is 1. The van der Waals surface area contributed by atoms with Crippen LogP contribution in [0.25, 0.3) is 0 Å². The summed E-state index contributed by atoms with van der Waals surface area (Å²) in [7, 11) is 0. The van der Waals surface area contributed by atoms with Crippen LogP contribution in [-0.2, 0) is 22.4 Å². The Morgan fingerprint density at radius 2 is 2.12 bits per heavy atom. The molecule has 0 spiro atoms. The van der Waals surface area contributed by atoms with Gasteiger partial charge in [-0.2, -0.15) is 0 Å². The molecule has 1 atom stereocenters. The van der Waals surface area contributed by atoms with Gasteiger partial charge in [0.1, 0.15) is 0 Å². The van der Waals surface area contributed by atoms with Crippen molar-refractivity contribution < 1.29 is 14.3 Å². The van der Waals surface area contributed by atoms with E-state index in [0.717, 1.165) is 37.1 Å². The van der Waals surface area contributed by atoms with Gasteiger partial charge in [-0.1, -0.05) is 13.3 Å². The molecular weight excluding hydrogens is 318 g/mol. The molecule has 0 bridgehead atoms. The highest BCUT2D eigenvalue weighted by Gasteiger charge is 2.26. The molecule has 2 aromatic rings. The zero-order valence-corrected chi connectivity index (χ0v) is 14.4. The Kier molecular flexibility index (Phi) is 5.48. The first-order valence-corrected chi connectivity index (χ1v) is 8.76. The van der Waals surface area contributed by atoms with Crippen molar-refractivity contribution >= 4 is 17.6 Å². The lowest BCUT2D eigenvalue weighted by atomic mass is 9.89. The van der Waals surface area contributed by atoms with E-state index in [2.05, 4.69) is 15.3 Å². The number of hydrogen-bond acceptors (Lipinski definition) is 4. The molecule has 2 N–H and O–H groups in total. The second-order valence-corrected chi connectivity index (χ2v) is 6.32. The molecule has 0 saturated heterocycles. The number of ether oxygens (including phenoxy) is 1. The summed E-state index contributed by atoms with van der Waals surface area (Å²) in [6.45, 7) is 2.48.